The fraction of sp³-hybridized carbons (Fsp3) is 0.400. The van der Waals surface area contributed by atoms with E-state index in [1.165, 1.54) is 16.1 Å². The molecule has 0 saturated carbocycles. The number of benzene rings is 1. The summed E-state index contributed by atoms with van der Waals surface area (Å²) in [7, 11) is 0. The van der Waals surface area contributed by atoms with Crippen molar-refractivity contribution in [1.29, 1.82) is 0 Å². The van der Waals surface area contributed by atoms with E-state index in [4.69, 9.17) is 0 Å². The maximum Gasteiger partial charge on any atom is 0.0900 e. The van der Waals surface area contributed by atoms with Crippen LogP contribution in [-0.2, 0) is 0 Å². The lowest BCUT2D eigenvalue weighted by Crippen LogP contribution is -2.23. The zero-order valence-electron chi connectivity index (χ0n) is 11.4. The molecule has 0 aliphatic heterocycles. The van der Waals surface area contributed by atoms with Gasteiger partial charge in [0.1, 0.15) is 0 Å². The Hall–Kier alpha value is -1.19. The summed E-state index contributed by atoms with van der Waals surface area (Å²) in [6.07, 6.45) is 0. The van der Waals surface area contributed by atoms with Crippen LogP contribution in [0.5, 0.6) is 0 Å². The number of thiazole rings is 1. The van der Waals surface area contributed by atoms with Crippen molar-refractivity contribution in [1.82, 2.24) is 10.3 Å². The lowest BCUT2D eigenvalue weighted by molar-refractivity contribution is 0.486. The summed E-state index contributed by atoms with van der Waals surface area (Å²) in [6.45, 7) is 8.58. The van der Waals surface area contributed by atoms with Crippen molar-refractivity contribution < 1.29 is 0 Å². The Labute approximate surface area is 113 Å². The number of hydrogen-bond acceptors (Lipinski definition) is 3. The van der Waals surface area contributed by atoms with E-state index in [9.17, 15) is 0 Å². The molecule has 0 saturated heterocycles. The van der Waals surface area contributed by atoms with E-state index in [-0.39, 0.29) is 6.04 Å². The molecule has 3 heteroatoms. The first-order chi connectivity index (χ1) is 8.58. The molecule has 2 atom stereocenters. The van der Waals surface area contributed by atoms with E-state index in [1.54, 1.807) is 11.3 Å². The third-order valence-corrected chi connectivity index (χ3v) is 4.05. The highest BCUT2D eigenvalue weighted by molar-refractivity contribution is 7.11. The van der Waals surface area contributed by atoms with Gasteiger partial charge >= 0.3 is 0 Å². The van der Waals surface area contributed by atoms with Gasteiger partial charge in [-0.1, -0.05) is 30.3 Å². The van der Waals surface area contributed by atoms with E-state index in [0.717, 1.165) is 5.01 Å². The Morgan fingerprint density at radius 1 is 1.06 bits per heavy atom. The average molecular weight is 260 g/mol. The molecular weight excluding hydrogens is 240 g/mol. The van der Waals surface area contributed by atoms with Gasteiger partial charge in [0.25, 0.3) is 0 Å². The summed E-state index contributed by atoms with van der Waals surface area (Å²) in [5, 5.41) is 4.75. The molecule has 96 valence electrons. The first-order valence-electron chi connectivity index (χ1n) is 6.33. The van der Waals surface area contributed by atoms with Gasteiger partial charge in [-0.05, 0) is 33.3 Å². The monoisotopic (exact) mass is 260 g/mol. The van der Waals surface area contributed by atoms with Crippen LogP contribution in [0.25, 0.3) is 0 Å². The van der Waals surface area contributed by atoms with Crippen molar-refractivity contribution in [2.24, 2.45) is 0 Å². The van der Waals surface area contributed by atoms with Crippen molar-refractivity contribution in [2.45, 2.75) is 39.8 Å². The van der Waals surface area contributed by atoms with Gasteiger partial charge in [0.15, 0.2) is 0 Å². The predicted molar refractivity (Wildman–Crippen MR) is 78.0 cm³/mol. The second-order valence-corrected chi connectivity index (χ2v) is 6.10. The van der Waals surface area contributed by atoms with Crippen LogP contribution in [0.3, 0.4) is 0 Å². The summed E-state index contributed by atoms with van der Waals surface area (Å²) >= 11 is 1.77. The molecule has 0 bridgehead atoms. The number of nitrogens with one attached hydrogen (secondary N) is 1. The summed E-state index contributed by atoms with van der Waals surface area (Å²) in [4.78, 5) is 5.93. The van der Waals surface area contributed by atoms with Crippen LogP contribution >= 0.6 is 11.3 Å². The van der Waals surface area contributed by atoms with Crippen LogP contribution in [0, 0.1) is 13.8 Å². The van der Waals surface area contributed by atoms with E-state index in [2.05, 4.69) is 62.3 Å². The van der Waals surface area contributed by atoms with Gasteiger partial charge in [-0.3, -0.25) is 0 Å². The van der Waals surface area contributed by atoms with Gasteiger partial charge in [-0.15, -0.1) is 11.3 Å². The Bertz CT molecular complexity index is 504. The van der Waals surface area contributed by atoms with E-state index in [0.29, 0.717) is 6.04 Å². The van der Waals surface area contributed by atoms with Gasteiger partial charge in [0.05, 0.1) is 10.7 Å². The van der Waals surface area contributed by atoms with Crippen LogP contribution in [-0.4, -0.2) is 4.98 Å². The highest BCUT2D eigenvalue weighted by Gasteiger charge is 2.15. The Balaban J connectivity index is 2.08. The summed E-state index contributed by atoms with van der Waals surface area (Å²) in [5.74, 6) is 0. The van der Waals surface area contributed by atoms with Crippen molar-refractivity contribution in [3.63, 3.8) is 0 Å². The lowest BCUT2D eigenvalue weighted by Gasteiger charge is -2.19. The smallest absolute Gasteiger partial charge is 0.0900 e. The van der Waals surface area contributed by atoms with Crippen molar-refractivity contribution >= 4 is 11.3 Å². The Kier molecular flexibility index (Phi) is 4.15. The van der Waals surface area contributed by atoms with Gasteiger partial charge < -0.3 is 5.32 Å². The molecule has 1 aromatic heterocycles. The molecule has 2 nitrogen and oxygen atoms in total. The first kappa shape index (κ1) is 13.2. The van der Waals surface area contributed by atoms with Crippen LogP contribution < -0.4 is 5.32 Å². The number of aryl methyl sites for hydroxylation is 2. The minimum absolute atomic E-state index is 0.283. The fourth-order valence-electron chi connectivity index (χ4n) is 2.24. The molecule has 2 aromatic rings. The second kappa shape index (κ2) is 5.63. The molecule has 1 N–H and O–H groups in total. The molecule has 0 aliphatic rings. The van der Waals surface area contributed by atoms with Crippen molar-refractivity contribution in [3.05, 3.63) is 51.5 Å². The molecule has 1 aromatic carbocycles. The van der Waals surface area contributed by atoms with E-state index < -0.39 is 0 Å². The van der Waals surface area contributed by atoms with Gasteiger partial charge in [0.2, 0.25) is 0 Å². The molecule has 0 spiro atoms. The minimum atomic E-state index is 0.283. The quantitative estimate of drug-likeness (QED) is 0.892. The third kappa shape index (κ3) is 2.98. The molecule has 0 aliphatic carbocycles. The van der Waals surface area contributed by atoms with Crippen LogP contribution in [0.1, 0.15) is 47.1 Å². The highest BCUT2D eigenvalue weighted by atomic mass is 32.1. The topological polar surface area (TPSA) is 24.9 Å². The lowest BCUT2D eigenvalue weighted by atomic mass is 10.1. The number of nitrogens with zero attached hydrogens (tertiary/aromatic N) is 1. The Morgan fingerprint density at radius 3 is 2.28 bits per heavy atom. The predicted octanol–water partition coefficient (Wildman–Crippen LogP) is 4.17. The fourth-order valence-corrected chi connectivity index (χ4v) is 3.15. The zero-order chi connectivity index (χ0) is 13.1. The maximum atomic E-state index is 4.61. The first-order valence-corrected chi connectivity index (χ1v) is 7.14. The second-order valence-electron chi connectivity index (χ2n) is 4.70. The molecule has 0 fully saturated rings. The van der Waals surface area contributed by atoms with Crippen LogP contribution in [0.15, 0.2) is 30.3 Å². The summed E-state index contributed by atoms with van der Waals surface area (Å²) in [5.41, 5.74) is 2.49. The van der Waals surface area contributed by atoms with Crippen LogP contribution in [0.4, 0.5) is 0 Å². The van der Waals surface area contributed by atoms with Gasteiger partial charge in [0, 0.05) is 17.0 Å². The third-order valence-electron chi connectivity index (χ3n) is 3.15. The molecule has 0 radical (unpaired) electrons. The Morgan fingerprint density at radius 2 is 1.72 bits per heavy atom. The molecule has 18 heavy (non-hydrogen) atoms. The molecule has 0 amide bonds. The summed E-state index contributed by atoms with van der Waals surface area (Å²) in [6, 6.07) is 11.1. The standard InChI is InChI=1S/C15H20N2S/c1-10(14-8-6-5-7-9-14)16-11(2)15-12(3)18-13(4)17-15/h5-11,16H,1-4H3/t10-,11?/m1/s1. The SMILES string of the molecule is Cc1nc(C(C)N[C@H](C)c2ccccc2)c(C)s1. The molecule has 1 unspecified atom stereocenters. The highest BCUT2D eigenvalue weighted by Crippen LogP contribution is 2.24. The van der Waals surface area contributed by atoms with Gasteiger partial charge in [-0.25, -0.2) is 4.98 Å². The van der Waals surface area contributed by atoms with E-state index >= 15 is 0 Å². The molecule has 2 rings (SSSR count). The molecule has 1 heterocycles. The van der Waals surface area contributed by atoms with Crippen molar-refractivity contribution in [3.8, 4) is 0 Å². The van der Waals surface area contributed by atoms with E-state index in [1.807, 2.05) is 6.07 Å². The largest absolute Gasteiger partial charge is 0.302 e. The summed E-state index contributed by atoms with van der Waals surface area (Å²) < 4.78 is 0. The van der Waals surface area contributed by atoms with Gasteiger partial charge in [-0.2, -0.15) is 0 Å². The number of rotatable bonds is 4. The molecular formula is C15H20N2S. The number of aromatic nitrogens is 1. The number of hydrogen-bond donors (Lipinski definition) is 1. The normalized spacial score (nSPS) is 14.4. The van der Waals surface area contributed by atoms with Crippen LogP contribution in [0.2, 0.25) is 0 Å². The minimum Gasteiger partial charge on any atom is -0.302 e. The maximum absolute atomic E-state index is 4.61. The average Bonchev–Trinajstić information content (AvgIpc) is 2.69. The van der Waals surface area contributed by atoms with Crippen molar-refractivity contribution in [2.75, 3.05) is 0 Å². The zero-order valence-corrected chi connectivity index (χ0v) is 12.2.